The van der Waals surface area contributed by atoms with Gasteiger partial charge >= 0.3 is 0 Å². The Bertz CT molecular complexity index is 399. The second kappa shape index (κ2) is 4.58. The Labute approximate surface area is 101 Å². The zero-order chi connectivity index (χ0) is 12.5. The largest absolute Gasteiger partial charge is 0.480 e. The summed E-state index contributed by atoms with van der Waals surface area (Å²) in [5.74, 6) is 0.573. The molecule has 17 heavy (non-hydrogen) atoms. The van der Waals surface area contributed by atoms with Crippen molar-refractivity contribution in [2.75, 3.05) is 7.11 Å². The lowest BCUT2D eigenvalue weighted by atomic mass is 9.77. The van der Waals surface area contributed by atoms with Gasteiger partial charge in [0.1, 0.15) is 5.69 Å². The summed E-state index contributed by atoms with van der Waals surface area (Å²) in [7, 11) is 1.60. The molecule has 0 aliphatic heterocycles. The van der Waals surface area contributed by atoms with Crippen LogP contribution in [0.2, 0.25) is 0 Å². The highest BCUT2D eigenvalue weighted by Crippen LogP contribution is 2.31. The molecule has 0 saturated heterocycles. The average molecular weight is 237 g/mol. The number of hydrogen-bond donors (Lipinski definition) is 2. The molecule has 5 nitrogen and oxygen atoms in total. The Balaban J connectivity index is 1.91. The Hall–Kier alpha value is -1.20. The van der Waals surface area contributed by atoms with Gasteiger partial charge in [-0.2, -0.15) is 0 Å². The van der Waals surface area contributed by atoms with Crippen LogP contribution in [0, 0.1) is 6.92 Å². The minimum atomic E-state index is -0.499. The first-order valence-corrected chi connectivity index (χ1v) is 5.82. The Morgan fingerprint density at radius 2 is 2.29 bits per heavy atom. The van der Waals surface area contributed by atoms with Gasteiger partial charge in [0.15, 0.2) is 0 Å². The smallest absolute Gasteiger partial charge is 0.236 e. The molecule has 1 heterocycles. The number of aryl methyl sites for hydroxylation is 1. The molecule has 1 fully saturated rings. The molecule has 0 bridgehead atoms. The summed E-state index contributed by atoms with van der Waals surface area (Å²) in [6.45, 7) is 4.37. The van der Waals surface area contributed by atoms with Gasteiger partial charge < -0.3 is 15.2 Å². The fourth-order valence-electron chi connectivity index (χ4n) is 2.15. The predicted molar refractivity (Wildman–Crippen MR) is 63.8 cm³/mol. The number of ether oxygens (including phenoxy) is 1. The van der Waals surface area contributed by atoms with Crippen LogP contribution in [0.15, 0.2) is 6.20 Å². The second-order valence-corrected chi connectivity index (χ2v) is 4.95. The zero-order valence-corrected chi connectivity index (χ0v) is 10.5. The third-order valence-electron chi connectivity index (χ3n) is 3.06. The molecule has 0 radical (unpaired) electrons. The van der Waals surface area contributed by atoms with Crippen LogP contribution >= 0.6 is 0 Å². The molecule has 2 N–H and O–H groups in total. The Morgan fingerprint density at radius 3 is 2.88 bits per heavy atom. The lowest BCUT2D eigenvalue weighted by Gasteiger charge is -2.41. The van der Waals surface area contributed by atoms with Gasteiger partial charge in [0, 0.05) is 18.8 Å². The van der Waals surface area contributed by atoms with Crippen molar-refractivity contribution >= 4 is 0 Å². The fourth-order valence-corrected chi connectivity index (χ4v) is 2.15. The molecular formula is C12H19N3O2. The van der Waals surface area contributed by atoms with E-state index in [4.69, 9.17) is 4.74 Å². The van der Waals surface area contributed by atoms with Crippen LogP contribution in [0.5, 0.6) is 5.88 Å². The molecule has 2 rings (SSSR count). The van der Waals surface area contributed by atoms with E-state index in [-0.39, 0.29) is 0 Å². The van der Waals surface area contributed by atoms with Crippen molar-refractivity contribution in [3.63, 3.8) is 0 Å². The normalized spacial score (nSPS) is 27.6. The third kappa shape index (κ3) is 2.92. The number of aliphatic hydroxyl groups is 1. The summed E-state index contributed by atoms with van der Waals surface area (Å²) in [4.78, 5) is 8.57. The van der Waals surface area contributed by atoms with Gasteiger partial charge in [-0.3, -0.25) is 4.98 Å². The summed E-state index contributed by atoms with van der Waals surface area (Å²) in [6, 6.07) is 0.359. The Kier molecular flexibility index (Phi) is 3.31. The summed E-state index contributed by atoms with van der Waals surface area (Å²) < 4.78 is 5.19. The van der Waals surface area contributed by atoms with E-state index in [0.29, 0.717) is 18.5 Å². The van der Waals surface area contributed by atoms with E-state index in [9.17, 15) is 5.11 Å². The maximum Gasteiger partial charge on any atom is 0.236 e. The van der Waals surface area contributed by atoms with Crippen molar-refractivity contribution in [2.45, 2.75) is 44.9 Å². The first kappa shape index (κ1) is 12.3. The SMILES string of the molecule is COc1nc(C)cnc1CNC1CC(C)(O)C1. The van der Waals surface area contributed by atoms with Crippen LogP contribution < -0.4 is 10.1 Å². The summed E-state index contributed by atoms with van der Waals surface area (Å²) in [5, 5.41) is 13.0. The quantitative estimate of drug-likeness (QED) is 0.810. The van der Waals surface area contributed by atoms with E-state index in [1.165, 1.54) is 0 Å². The molecule has 1 aromatic heterocycles. The minimum absolute atomic E-state index is 0.359. The number of aromatic nitrogens is 2. The molecule has 0 unspecified atom stereocenters. The lowest BCUT2D eigenvalue weighted by molar-refractivity contribution is -0.0394. The number of nitrogens with zero attached hydrogens (tertiary/aromatic N) is 2. The van der Waals surface area contributed by atoms with Crippen molar-refractivity contribution in [1.29, 1.82) is 0 Å². The predicted octanol–water partition coefficient (Wildman–Crippen LogP) is 0.797. The Morgan fingerprint density at radius 1 is 1.59 bits per heavy atom. The highest BCUT2D eigenvalue weighted by Gasteiger charge is 2.37. The highest BCUT2D eigenvalue weighted by molar-refractivity contribution is 5.19. The van der Waals surface area contributed by atoms with Crippen molar-refractivity contribution in [3.8, 4) is 5.88 Å². The van der Waals surface area contributed by atoms with Gasteiger partial charge in [0.05, 0.1) is 18.4 Å². The topological polar surface area (TPSA) is 67.3 Å². The fraction of sp³-hybridized carbons (Fsp3) is 0.667. The minimum Gasteiger partial charge on any atom is -0.480 e. The number of nitrogens with one attached hydrogen (secondary N) is 1. The van der Waals surface area contributed by atoms with Crippen LogP contribution in [0.25, 0.3) is 0 Å². The van der Waals surface area contributed by atoms with Crippen LogP contribution in [0.1, 0.15) is 31.2 Å². The number of methoxy groups -OCH3 is 1. The first-order valence-electron chi connectivity index (χ1n) is 5.82. The maximum absolute atomic E-state index is 9.63. The summed E-state index contributed by atoms with van der Waals surface area (Å²) in [5.41, 5.74) is 1.16. The molecule has 0 aromatic carbocycles. The zero-order valence-electron chi connectivity index (χ0n) is 10.5. The van der Waals surface area contributed by atoms with E-state index in [1.54, 1.807) is 13.3 Å². The molecule has 0 spiro atoms. The standard InChI is InChI=1S/C12H19N3O2/c1-8-6-14-10(11(15-8)17-3)7-13-9-4-12(2,16)5-9/h6,9,13,16H,4-5,7H2,1-3H3. The van der Waals surface area contributed by atoms with Gasteiger partial charge in [-0.05, 0) is 26.7 Å². The molecule has 1 aliphatic carbocycles. The molecule has 1 saturated carbocycles. The van der Waals surface area contributed by atoms with Crippen molar-refractivity contribution in [2.24, 2.45) is 0 Å². The molecule has 5 heteroatoms. The van der Waals surface area contributed by atoms with Crippen LogP contribution in [-0.4, -0.2) is 33.8 Å². The molecule has 0 amide bonds. The third-order valence-corrected chi connectivity index (χ3v) is 3.06. The number of rotatable bonds is 4. The van der Waals surface area contributed by atoms with Gasteiger partial charge in [-0.1, -0.05) is 0 Å². The molecular weight excluding hydrogens is 218 g/mol. The monoisotopic (exact) mass is 237 g/mol. The molecule has 94 valence electrons. The van der Waals surface area contributed by atoms with Crippen molar-refractivity contribution in [1.82, 2.24) is 15.3 Å². The van der Waals surface area contributed by atoms with Gasteiger partial charge in [-0.25, -0.2) is 4.98 Å². The van der Waals surface area contributed by atoms with Gasteiger partial charge in [0.2, 0.25) is 5.88 Å². The van der Waals surface area contributed by atoms with E-state index in [0.717, 1.165) is 24.2 Å². The van der Waals surface area contributed by atoms with Crippen LogP contribution in [0.4, 0.5) is 0 Å². The van der Waals surface area contributed by atoms with E-state index < -0.39 is 5.60 Å². The van der Waals surface area contributed by atoms with Crippen molar-refractivity contribution in [3.05, 3.63) is 17.6 Å². The van der Waals surface area contributed by atoms with Gasteiger partial charge in [0.25, 0.3) is 0 Å². The van der Waals surface area contributed by atoms with Crippen LogP contribution in [-0.2, 0) is 6.54 Å². The second-order valence-electron chi connectivity index (χ2n) is 4.95. The highest BCUT2D eigenvalue weighted by atomic mass is 16.5. The lowest BCUT2D eigenvalue weighted by Crippen LogP contribution is -2.51. The maximum atomic E-state index is 9.63. The summed E-state index contributed by atoms with van der Waals surface area (Å²) in [6.07, 6.45) is 3.31. The molecule has 1 aromatic rings. The van der Waals surface area contributed by atoms with Crippen LogP contribution in [0.3, 0.4) is 0 Å². The number of hydrogen-bond acceptors (Lipinski definition) is 5. The van der Waals surface area contributed by atoms with E-state index in [2.05, 4.69) is 15.3 Å². The summed E-state index contributed by atoms with van der Waals surface area (Å²) >= 11 is 0. The van der Waals surface area contributed by atoms with Crippen molar-refractivity contribution < 1.29 is 9.84 Å². The molecule has 0 atom stereocenters. The average Bonchev–Trinajstić information content (AvgIpc) is 2.24. The first-order chi connectivity index (χ1) is 8.00. The van der Waals surface area contributed by atoms with E-state index >= 15 is 0 Å². The van der Waals surface area contributed by atoms with E-state index in [1.807, 2.05) is 13.8 Å². The molecule has 1 aliphatic rings. The van der Waals surface area contributed by atoms with Gasteiger partial charge in [-0.15, -0.1) is 0 Å².